The van der Waals surface area contributed by atoms with E-state index in [1.165, 1.54) is 0 Å². The number of methoxy groups -OCH3 is 1. The number of hydrogen-bond donors (Lipinski definition) is 1. The monoisotopic (exact) mass is 591 g/mol. The smallest absolute Gasteiger partial charge is 0.271 e. The number of ether oxygens (including phenoxy) is 2. The van der Waals surface area contributed by atoms with Gasteiger partial charge in [-0.05, 0) is 89.2 Å². The van der Waals surface area contributed by atoms with E-state index in [-0.39, 0.29) is 5.91 Å². The standard InChI is InChI=1S/C29H26IN3O3/c1-4-16-36-28-25(30)17-21(18-27(28)35-3)19-31-32-29(34)23-11-13-24(14-12-23)33-20(2)10-15-26(33)22-8-6-5-7-9-22/h4-15,17-19H,1,16H2,2-3H3,(H,32,34)/b31-19-. The van der Waals surface area contributed by atoms with Gasteiger partial charge in [0.25, 0.3) is 5.91 Å². The fourth-order valence-corrected chi connectivity index (χ4v) is 4.59. The molecular formula is C29H26IN3O3. The normalized spacial score (nSPS) is 10.9. The molecule has 0 aliphatic heterocycles. The van der Waals surface area contributed by atoms with E-state index in [1.807, 2.05) is 36.4 Å². The van der Waals surface area contributed by atoms with Crippen molar-refractivity contribution in [2.75, 3.05) is 13.7 Å². The van der Waals surface area contributed by atoms with E-state index in [4.69, 9.17) is 9.47 Å². The summed E-state index contributed by atoms with van der Waals surface area (Å²) in [5, 5.41) is 4.12. The predicted octanol–water partition coefficient (Wildman–Crippen LogP) is 6.39. The Labute approximate surface area is 224 Å². The lowest BCUT2D eigenvalue weighted by Crippen LogP contribution is -2.17. The predicted molar refractivity (Wildman–Crippen MR) is 152 cm³/mol. The zero-order valence-electron chi connectivity index (χ0n) is 20.1. The van der Waals surface area contributed by atoms with Gasteiger partial charge in [-0.2, -0.15) is 5.10 Å². The second-order valence-corrected chi connectivity index (χ2v) is 9.10. The molecule has 0 unspecified atom stereocenters. The van der Waals surface area contributed by atoms with Gasteiger partial charge in [-0.1, -0.05) is 43.0 Å². The molecule has 182 valence electrons. The zero-order valence-corrected chi connectivity index (χ0v) is 22.2. The SMILES string of the molecule is C=CCOc1c(I)cc(/C=N\NC(=O)c2ccc(-n3c(C)ccc3-c3ccccc3)cc2)cc1OC. The van der Waals surface area contributed by atoms with Gasteiger partial charge in [-0.15, -0.1) is 0 Å². The molecule has 1 N–H and O–H groups in total. The molecule has 0 spiro atoms. The molecule has 1 aromatic heterocycles. The maximum Gasteiger partial charge on any atom is 0.271 e. The number of carbonyl (C=O) groups is 1. The topological polar surface area (TPSA) is 64.8 Å². The van der Waals surface area contributed by atoms with Gasteiger partial charge in [-0.3, -0.25) is 4.79 Å². The average molecular weight is 591 g/mol. The maximum absolute atomic E-state index is 12.7. The van der Waals surface area contributed by atoms with Crippen LogP contribution in [0.15, 0.2) is 96.6 Å². The number of rotatable bonds is 9. The van der Waals surface area contributed by atoms with Gasteiger partial charge in [0.15, 0.2) is 11.5 Å². The first kappa shape index (κ1) is 25.2. The van der Waals surface area contributed by atoms with Crippen molar-refractivity contribution in [3.05, 3.63) is 112 Å². The zero-order chi connectivity index (χ0) is 25.5. The van der Waals surface area contributed by atoms with Crippen molar-refractivity contribution < 1.29 is 14.3 Å². The van der Waals surface area contributed by atoms with E-state index in [0.717, 1.165) is 31.8 Å². The Kier molecular flexibility index (Phi) is 8.22. The van der Waals surface area contributed by atoms with Gasteiger partial charge in [0.2, 0.25) is 0 Å². The number of aromatic nitrogens is 1. The van der Waals surface area contributed by atoms with Crippen molar-refractivity contribution in [2.45, 2.75) is 6.92 Å². The summed E-state index contributed by atoms with van der Waals surface area (Å²) in [6, 6.07) is 25.6. The Balaban J connectivity index is 1.47. The molecule has 0 saturated carbocycles. The highest BCUT2D eigenvalue weighted by molar-refractivity contribution is 14.1. The molecule has 0 saturated heterocycles. The van der Waals surface area contributed by atoms with Crippen LogP contribution in [0.3, 0.4) is 0 Å². The molecule has 7 heteroatoms. The molecule has 0 aliphatic rings. The molecule has 36 heavy (non-hydrogen) atoms. The highest BCUT2D eigenvalue weighted by atomic mass is 127. The Hall–Kier alpha value is -3.85. The number of aryl methyl sites for hydroxylation is 1. The Morgan fingerprint density at radius 3 is 2.53 bits per heavy atom. The number of benzene rings is 3. The molecule has 0 atom stereocenters. The largest absolute Gasteiger partial charge is 0.493 e. The minimum absolute atomic E-state index is 0.294. The molecule has 3 aromatic carbocycles. The Bertz CT molecular complexity index is 1390. The molecule has 0 bridgehead atoms. The fourth-order valence-electron chi connectivity index (χ4n) is 3.80. The van der Waals surface area contributed by atoms with Crippen LogP contribution in [-0.4, -0.2) is 30.4 Å². The van der Waals surface area contributed by atoms with E-state index in [1.54, 1.807) is 37.6 Å². The molecule has 6 nitrogen and oxygen atoms in total. The van der Waals surface area contributed by atoms with Gasteiger partial charge in [0, 0.05) is 16.9 Å². The van der Waals surface area contributed by atoms with Crippen LogP contribution in [0.4, 0.5) is 0 Å². The number of halogens is 1. The molecular weight excluding hydrogens is 565 g/mol. The summed E-state index contributed by atoms with van der Waals surface area (Å²) in [5.74, 6) is 0.938. The first-order valence-corrected chi connectivity index (χ1v) is 12.4. The average Bonchev–Trinajstić information content (AvgIpc) is 3.29. The van der Waals surface area contributed by atoms with Crippen molar-refractivity contribution in [3.63, 3.8) is 0 Å². The number of hydrogen-bond acceptors (Lipinski definition) is 4. The Morgan fingerprint density at radius 1 is 1.08 bits per heavy atom. The van der Waals surface area contributed by atoms with Crippen molar-refractivity contribution in [1.29, 1.82) is 0 Å². The molecule has 0 aliphatic carbocycles. The molecule has 4 aromatic rings. The molecule has 0 radical (unpaired) electrons. The third-order valence-electron chi connectivity index (χ3n) is 5.51. The maximum atomic E-state index is 12.7. The summed E-state index contributed by atoms with van der Waals surface area (Å²) in [6.07, 6.45) is 3.25. The van der Waals surface area contributed by atoms with E-state index in [9.17, 15) is 4.79 Å². The van der Waals surface area contributed by atoms with Crippen LogP contribution in [0.25, 0.3) is 16.9 Å². The van der Waals surface area contributed by atoms with Crippen molar-refractivity contribution in [1.82, 2.24) is 9.99 Å². The molecule has 4 rings (SSSR count). The minimum atomic E-state index is -0.294. The Morgan fingerprint density at radius 2 is 1.83 bits per heavy atom. The minimum Gasteiger partial charge on any atom is -0.493 e. The lowest BCUT2D eigenvalue weighted by Gasteiger charge is -2.13. The van der Waals surface area contributed by atoms with Crippen LogP contribution in [0.1, 0.15) is 21.6 Å². The van der Waals surface area contributed by atoms with Gasteiger partial charge in [0.1, 0.15) is 6.61 Å². The molecule has 0 fully saturated rings. The summed E-state index contributed by atoms with van der Waals surface area (Å²) >= 11 is 2.17. The van der Waals surface area contributed by atoms with E-state index < -0.39 is 0 Å². The summed E-state index contributed by atoms with van der Waals surface area (Å²) in [4.78, 5) is 12.7. The van der Waals surface area contributed by atoms with Crippen LogP contribution >= 0.6 is 22.6 Å². The third-order valence-corrected chi connectivity index (χ3v) is 6.31. The highest BCUT2D eigenvalue weighted by Crippen LogP contribution is 2.33. The summed E-state index contributed by atoms with van der Waals surface area (Å²) < 4.78 is 14.1. The molecule has 1 heterocycles. The fraction of sp³-hybridized carbons (Fsp3) is 0.103. The summed E-state index contributed by atoms with van der Waals surface area (Å²) in [7, 11) is 1.58. The van der Waals surface area contributed by atoms with E-state index >= 15 is 0 Å². The van der Waals surface area contributed by atoms with Crippen LogP contribution in [0, 0.1) is 10.5 Å². The van der Waals surface area contributed by atoms with Gasteiger partial charge in [-0.25, -0.2) is 5.43 Å². The lowest BCUT2D eigenvalue weighted by atomic mass is 10.1. The first-order valence-electron chi connectivity index (χ1n) is 11.3. The van der Waals surface area contributed by atoms with Gasteiger partial charge < -0.3 is 14.0 Å². The lowest BCUT2D eigenvalue weighted by molar-refractivity contribution is 0.0955. The first-order chi connectivity index (χ1) is 17.5. The quantitative estimate of drug-likeness (QED) is 0.106. The van der Waals surface area contributed by atoms with Crippen molar-refractivity contribution >= 4 is 34.7 Å². The third kappa shape index (κ3) is 5.68. The second kappa shape index (κ2) is 11.7. The van der Waals surface area contributed by atoms with Crippen LogP contribution in [0.2, 0.25) is 0 Å². The molecule has 1 amide bonds. The summed E-state index contributed by atoms with van der Waals surface area (Å²) in [5.41, 5.74) is 8.21. The van der Waals surface area contributed by atoms with E-state index in [0.29, 0.717) is 23.7 Å². The number of amides is 1. The number of carbonyl (C=O) groups excluding carboxylic acids is 1. The highest BCUT2D eigenvalue weighted by Gasteiger charge is 2.12. The van der Waals surface area contributed by atoms with Crippen LogP contribution in [-0.2, 0) is 0 Å². The van der Waals surface area contributed by atoms with Gasteiger partial charge >= 0.3 is 0 Å². The number of hydrazone groups is 1. The van der Waals surface area contributed by atoms with Crippen LogP contribution < -0.4 is 14.9 Å². The van der Waals surface area contributed by atoms with Gasteiger partial charge in [0.05, 0.1) is 22.6 Å². The number of nitrogens with zero attached hydrogens (tertiary/aromatic N) is 2. The van der Waals surface area contributed by atoms with Crippen molar-refractivity contribution in [2.24, 2.45) is 5.10 Å². The summed E-state index contributed by atoms with van der Waals surface area (Å²) in [6.45, 7) is 6.11. The second-order valence-electron chi connectivity index (χ2n) is 7.94. The number of nitrogens with one attached hydrogen (secondary N) is 1. The van der Waals surface area contributed by atoms with Crippen LogP contribution in [0.5, 0.6) is 11.5 Å². The van der Waals surface area contributed by atoms with Crippen molar-refractivity contribution in [3.8, 4) is 28.4 Å². The van der Waals surface area contributed by atoms with E-state index in [2.05, 4.69) is 75.5 Å².